The molecule has 22 heavy (non-hydrogen) atoms. The minimum atomic E-state index is -0.406. The number of piperidine rings is 1. The molecule has 120 valence electrons. The molecule has 1 amide bonds. The fourth-order valence-corrected chi connectivity index (χ4v) is 3.03. The van der Waals surface area contributed by atoms with Gasteiger partial charge in [0.25, 0.3) is 0 Å². The van der Waals surface area contributed by atoms with Crippen LogP contribution in [0.2, 0.25) is 0 Å². The largest absolute Gasteiger partial charge is 0.385 e. The number of carbonyl (C=O) groups is 1. The van der Waals surface area contributed by atoms with Crippen LogP contribution < -0.4 is 5.32 Å². The molecular formula is C17H24N2O3. The number of nitrogens with one attached hydrogen (secondary N) is 1. The maximum atomic E-state index is 12.3. The highest BCUT2D eigenvalue weighted by Gasteiger charge is 2.40. The molecule has 1 aromatic rings. The van der Waals surface area contributed by atoms with Crippen LogP contribution in [0.3, 0.4) is 0 Å². The maximum Gasteiger partial charge on any atom is 0.224 e. The zero-order chi connectivity index (χ0) is 15.4. The highest BCUT2D eigenvalue weighted by atomic mass is 16.7. The van der Waals surface area contributed by atoms with E-state index in [0.29, 0.717) is 26.2 Å². The van der Waals surface area contributed by atoms with E-state index in [1.807, 2.05) is 17.0 Å². The average molecular weight is 304 g/mol. The summed E-state index contributed by atoms with van der Waals surface area (Å²) >= 11 is 0. The van der Waals surface area contributed by atoms with Crippen LogP contribution in [0.1, 0.15) is 24.8 Å². The molecule has 3 rings (SSSR count). The summed E-state index contributed by atoms with van der Waals surface area (Å²) < 4.78 is 11.4. The Morgan fingerprint density at radius 2 is 1.82 bits per heavy atom. The molecule has 2 aliphatic rings. The molecule has 5 heteroatoms. The van der Waals surface area contributed by atoms with E-state index < -0.39 is 5.79 Å². The van der Waals surface area contributed by atoms with Gasteiger partial charge >= 0.3 is 0 Å². The van der Waals surface area contributed by atoms with Crippen LogP contribution in [0.15, 0.2) is 24.3 Å². The smallest absolute Gasteiger partial charge is 0.224 e. The van der Waals surface area contributed by atoms with E-state index in [0.717, 1.165) is 31.6 Å². The molecule has 1 spiro atoms. The Bertz CT molecular complexity index is 499. The number of amides is 1. The predicted molar refractivity (Wildman–Crippen MR) is 84.7 cm³/mol. The van der Waals surface area contributed by atoms with Gasteiger partial charge in [-0.3, -0.25) is 4.79 Å². The SMILES string of the molecule is Cc1ccc(NCCC(=O)N2CCC3(CC2)OCCO3)cc1. The molecule has 0 unspecified atom stereocenters. The molecule has 2 saturated heterocycles. The number of ether oxygens (including phenoxy) is 2. The van der Waals surface area contributed by atoms with Crippen LogP contribution in [0.25, 0.3) is 0 Å². The molecule has 0 bridgehead atoms. The summed E-state index contributed by atoms with van der Waals surface area (Å²) in [4.78, 5) is 14.2. The summed E-state index contributed by atoms with van der Waals surface area (Å²) in [7, 11) is 0. The van der Waals surface area contributed by atoms with Crippen LogP contribution in [0.4, 0.5) is 5.69 Å². The Labute approximate surface area is 131 Å². The molecule has 0 radical (unpaired) electrons. The van der Waals surface area contributed by atoms with Gasteiger partial charge < -0.3 is 19.7 Å². The summed E-state index contributed by atoms with van der Waals surface area (Å²) in [6.45, 7) is 5.53. The van der Waals surface area contributed by atoms with Crippen molar-refractivity contribution in [1.82, 2.24) is 4.90 Å². The van der Waals surface area contributed by atoms with Crippen molar-refractivity contribution in [3.8, 4) is 0 Å². The minimum Gasteiger partial charge on any atom is -0.385 e. The van der Waals surface area contributed by atoms with E-state index >= 15 is 0 Å². The monoisotopic (exact) mass is 304 g/mol. The fraction of sp³-hybridized carbons (Fsp3) is 0.588. The van der Waals surface area contributed by atoms with Crippen molar-refractivity contribution < 1.29 is 14.3 Å². The number of hydrogen-bond acceptors (Lipinski definition) is 4. The number of likely N-dealkylation sites (tertiary alicyclic amines) is 1. The van der Waals surface area contributed by atoms with Crippen molar-refractivity contribution in [2.24, 2.45) is 0 Å². The Kier molecular flexibility index (Phi) is 4.64. The first-order chi connectivity index (χ1) is 10.7. The Morgan fingerprint density at radius 1 is 1.18 bits per heavy atom. The first-order valence-corrected chi connectivity index (χ1v) is 8.03. The second-order valence-corrected chi connectivity index (χ2v) is 6.03. The van der Waals surface area contributed by atoms with Crippen molar-refractivity contribution in [1.29, 1.82) is 0 Å². The topological polar surface area (TPSA) is 50.8 Å². The van der Waals surface area contributed by atoms with Crippen LogP contribution >= 0.6 is 0 Å². The van der Waals surface area contributed by atoms with E-state index in [1.54, 1.807) is 0 Å². The lowest BCUT2D eigenvalue weighted by molar-refractivity contribution is -0.187. The summed E-state index contributed by atoms with van der Waals surface area (Å²) in [6.07, 6.45) is 2.08. The van der Waals surface area contributed by atoms with Crippen molar-refractivity contribution in [2.75, 3.05) is 38.2 Å². The van der Waals surface area contributed by atoms with Crippen molar-refractivity contribution in [2.45, 2.75) is 32.0 Å². The lowest BCUT2D eigenvalue weighted by Gasteiger charge is -2.37. The normalized spacial score (nSPS) is 20.3. The number of carbonyl (C=O) groups excluding carboxylic acids is 1. The highest BCUT2D eigenvalue weighted by molar-refractivity contribution is 5.76. The van der Waals surface area contributed by atoms with Gasteiger partial charge in [0.2, 0.25) is 5.91 Å². The zero-order valence-electron chi connectivity index (χ0n) is 13.1. The second kappa shape index (κ2) is 6.67. The summed E-state index contributed by atoms with van der Waals surface area (Å²) in [5.74, 6) is -0.204. The summed E-state index contributed by atoms with van der Waals surface area (Å²) in [5, 5.41) is 3.29. The zero-order valence-corrected chi connectivity index (χ0v) is 13.1. The Balaban J connectivity index is 1.40. The molecule has 0 atom stereocenters. The molecule has 2 aliphatic heterocycles. The van der Waals surface area contributed by atoms with Gasteiger partial charge in [0.1, 0.15) is 0 Å². The van der Waals surface area contributed by atoms with Crippen LogP contribution in [0, 0.1) is 6.92 Å². The highest BCUT2D eigenvalue weighted by Crippen LogP contribution is 2.31. The van der Waals surface area contributed by atoms with E-state index in [9.17, 15) is 4.79 Å². The quantitative estimate of drug-likeness (QED) is 0.926. The van der Waals surface area contributed by atoms with Gasteiger partial charge in [0.15, 0.2) is 5.79 Å². The number of benzene rings is 1. The van der Waals surface area contributed by atoms with Gasteiger partial charge in [0.05, 0.1) is 13.2 Å². The van der Waals surface area contributed by atoms with Gasteiger partial charge in [-0.15, -0.1) is 0 Å². The lowest BCUT2D eigenvalue weighted by Crippen LogP contribution is -2.47. The Morgan fingerprint density at radius 3 is 2.45 bits per heavy atom. The van der Waals surface area contributed by atoms with Crippen molar-refractivity contribution in [3.63, 3.8) is 0 Å². The molecule has 0 saturated carbocycles. The Hall–Kier alpha value is -1.59. The molecule has 0 aliphatic carbocycles. The van der Waals surface area contributed by atoms with E-state index in [1.165, 1.54) is 5.56 Å². The number of anilines is 1. The van der Waals surface area contributed by atoms with Crippen LogP contribution in [-0.4, -0.2) is 49.4 Å². The van der Waals surface area contributed by atoms with Gasteiger partial charge in [-0.1, -0.05) is 17.7 Å². The van der Waals surface area contributed by atoms with Crippen molar-refractivity contribution >= 4 is 11.6 Å². The first kappa shape index (κ1) is 15.3. The number of rotatable bonds is 4. The fourth-order valence-electron chi connectivity index (χ4n) is 3.03. The van der Waals surface area contributed by atoms with E-state index in [4.69, 9.17) is 9.47 Å². The van der Waals surface area contributed by atoms with Crippen LogP contribution in [-0.2, 0) is 14.3 Å². The van der Waals surface area contributed by atoms with Gasteiger partial charge in [-0.25, -0.2) is 0 Å². The number of nitrogens with zero attached hydrogens (tertiary/aromatic N) is 1. The molecule has 0 aromatic heterocycles. The molecular weight excluding hydrogens is 280 g/mol. The predicted octanol–water partition coefficient (Wildman–Crippen LogP) is 2.16. The maximum absolute atomic E-state index is 12.3. The van der Waals surface area contributed by atoms with E-state index in [-0.39, 0.29) is 5.91 Å². The molecule has 2 heterocycles. The van der Waals surface area contributed by atoms with Gasteiger partial charge in [-0.05, 0) is 19.1 Å². The third-order valence-corrected chi connectivity index (χ3v) is 4.41. The van der Waals surface area contributed by atoms with Crippen molar-refractivity contribution in [3.05, 3.63) is 29.8 Å². The minimum absolute atomic E-state index is 0.201. The lowest BCUT2D eigenvalue weighted by atomic mass is 10.0. The summed E-state index contributed by atoms with van der Waals surface area (Å²) in [6, 6.07) is 8.21. The van der Waals surface area contributed by atoms with Gasteiger partial charge in [0, 0.05) is 44.6 Å². The van der Waals surface area contributed by atoms with E-state index in [2.05, 4.69) is 24.4 Å². The first-order valence-electron chi connectivity index (χ1n) is 8.03. The molecule has 1 N–H and O–H groups in total. The third-order valence-electron chi connectivity index (χ3n) is 4.41. The second-order valence-electron chi connectivity index (χ2n) is 6.03. The molecule has 2 fully saturated rings. The molecule has 5 nitrogen and oxygen atoms in total. The third kappa shape index (κ3) is 3.59. The summed E-state index contributed by atoms with van der Waals surface area (Å²) in [5.41, 5.74) is 2.30. The number of hydrogen-bond donors (Lipinski definition) is 1. The average Bonchev–Trinajstić information content (AvgIpc) is 2.98. The molecule has 1 aromatic carbocycles. The van der Waals surface area contributed by atoms with Gasteiger partial charge in [-0.2, -0.15) is 0 Å². The standard InChI is InChI=1S/C17H24N2O3/c1-14-2-4-15(5-3-14)18-9-6-16(20)19-10-7-17(8-11-19)21-12-13-22-17/h2-5,18H,6-13H2,1H3. The van der Waals surface area contributed by atoms with Crippen LogP contribution in [0.5, 0.6) is 0 Å². The number of aryl methyl sites for hydroxylation is 1.